The lowest BCUT2D eigenvalue weighted by Crippen LogP contribution is -2.10. The summed E-state index contributed by atoms with van der Waals surface area (Å²) < 4.78 is 39.5. The van der Waals surface area contributed by atoms with E-state index in [-0.39, 0.29) is 11.4 Å². The van der Waals surface area contributed by atoms with E-state index < -0.39 is 23.6 Å². The molecular weight excluding hydrogens is 439 g/mol. The van der Waals surface area contributed by atoms with Crippen molar-refractivity contribution >= 4 is 17.6 Å². The van der Waals surface area contributed by atoms with E-state index in [1.165, 1.54) is 36.2 Å². The largest absolute Gasteiger partial charge is 0.481 e. The number of alkyl halides is 3. The number of fused-ring (bicyclic) bond motifs is 1. The molecule has 32 heavy (non-hydrogen) atoms. The Morgan fingerprint density at radius 2 is 1.81 bits per heavy atom. The summed E-state index contributed by atoms with van der Waals surface area (Å²) in [5.41, 5.74) is 3.20. The number of benzene rings is 1. The number of halogens is 4. The molecule has 1 atom stereocenters. The number of aryl methyl sites for hydroxylation is 3. The summed E-state index contributed by atoms with van der Waals surface area (Å²) in [7, 11) is 0. The highest BCUT2D eigenvalue weighted by Crippen LogP contribution is 2.38. The Bertz CT molecular complexity index is 930. The first-order valence-corrected chi connectivity index (χ1v) is 11.7. The van der Waals surface area contributed by atoms with Gasteiger partial charge in [0.15, 0.2) is 0 Å². The molecule has 0 fully saturated rings. The third-order valence-electron chi connectivity index (χ3n) is 6.16. The minimum Gasteiger partial charge on any atom is -0.481 e. The summed E-state index contributed by atoms with van der Waals surface area (Å²) in [5.74, 6) is -1.48. The van der Waals surface area contributed by atoms with E-state index in [2.05, 4.69) is 12.1 Å². The number of aromatic nitrogens is 1. The predicted molar refractivity (Wildman–Crippen MR) is 119 cm³/mol. The molecule has 0 saturated carbocycles. The number of hydrogen-bond acceptors (Lipinski definition) is 2. The van der Waals surface area contributed by atoms with Crippen LogP contribution in [0, 0.1) is 0 Å². The van der Waals surface area contributed by atoms with Gasteiger partial charge in [-0.25, -0.2) is 0 Å². The highest BCUT2D eigenvalue weighted by molar-refractivity contribution is 6.31. The number of unbranched alkanes of at least 4 members (excludes halogenated alkanes) is 3. The summed E-state index contributed by atoms with van der Waals surface area (Å²) in [6.45, 7) is 0. The van der Waals surface area contributed by atoms with Crippen molar-refractivity contribution in [3.8, 4) is 0 Å². The van der Waals surface area contributed by atoms with Crippen molar-refractivity contribution in [2.24, 2.45) is 0 Å². The molecule has 0 bridgehead atoms. The first-order valence-electron chi connectivity index (χ1n) is 11.3. The number of aliphatic carboxylic acids is 1. The molecule has 1 aromatic carbocycles. The second-order valence-electron chi connectivity index (χ2n) is 8.60. The number of pyridine rings is 1. The van der Waals surface area contributed by atoms with E-state index in [0.29, 0.717) is 12.0 Å². The lowest BCUT2D eigenvalue weighted by molar-refractivity contribution is -0.138. The molecule has 1 heterocycles. The van der Waals surface area contributed by atoms with Crippen LogP contribution < -0.4 is 0 Å². The van der Waals surface area contributed by atoms with Crippen LogP contribution in [0.1, 0.15) is 85.4 Å². The Kier molecular flexibility index (Phi) is 8.57. The molecule has 1 N–H and O–H groups in total. The second kappa shape index (κ2) is 11.2. The molecule has 1 aliphatic carbocycles. The van der Waals surface area contributed by atoms with Gasteiger partial charge in [-0.3, -0.25) is 9.78 Å². The van der Waals surface area contributed by atoms with Gasteiger partial charge in [-0.05, 0) is 80.2 Å². The van der Waals surface area contributed by atoms with Crippen LogP contribution >= 0.6 is 11.6 Å². The average molecular weight is 468 g/mol. The lowest BCUT2D eigenvalue weighted by Gasteiger charge is -2.18. The first kappa shape index (κ1) is 24.6. The van der Waals surface area contributed by atoms with Crippen molar-refractivity contribution in [2.75, 3.05) is 0 Å². The van der Waals surface area contributed by atoms with Crippen molar-refractivity contribution in [2.45, 2.75) is 82.7 Å². The molecule has 0 amide bonds. The van der Waals surface area contributed by atoms with E-state index in [0.717, 1.165) is 56.7 Å². The van der Waals surface area contributed by atoms with Crippen molar-refractivity contribution in [1.29, 1.82) is 0 Å². The summed E-state index contributed by atoms with van der Waals surface area (Å²) in [6.07, 6.45) is 4.96. The van der Waals surface area contributed by atoms with Crippen LogP contribution in [0.4, 0.5) is 13.2 Å². The van der Waals surface area contributed by atoms with Gasteiger partial charge in [0.25, 0.3) is 0 Å². The van der Waals surface area contributed by atoms with Crippen LogP contribution in [0.3, 0.4) is 0 Å². The van der Waals surface area contributed by atoms with Gasteiger partial charge in [0.05, 0.1) is 17.0 Å². The molecule has 0 aliphatic heterocycles. The van der Waals surface area contributed by atoms with Crippen molar-refractivity contribution < 1.29 is 23.1 Å². The fourth-order valence-corrected chi connectivity index (χ4v) is 4.65. The number of hydrogen-bond donors (Lipinski definition) is 1. The second-order valence-corrected chi connectivity index (χ2v) is 9.01. The number of carboxylic acid groups (broad SMARTS) is 1. The van der Waals surface area contributed by atoms with Crippen LogP contribution in [-0.4, -0.2) is 16.1 Å². The Hall–Kier alpha value is -2.08. The van der Waals surface area contributed by atoms with Gasteiger partial charge in [-0.2, -0.15) is 13.2 Å². The van der Waals surface area contributed by atoms with E-state index in [4.69, 9.17) is 16.6 Å². The van der Waals surface area contributed by atoms with Crippen LogP contribution in [0.25, 0.3) is 0 Å². The molecule has 3 rings (SSSR count). The van der Waals surface area contributed by atoms with Gasteiger partial charge in [0.2, 0.25) is 0 Å². The summed E-state index contributed by atoms with van der Waals surface area (Å²) in [4.78, 5) is 16.1. The summed E-state index contributed by atoms with van der Waals surface area (Å²) >= 11 is 5.70. The fourth-order valence-electron chi connectivity index (χ4n) is 4.43. The van der Waals surface area contributed by atoms with Crippen molar-refractivity contribution in [3.63, 3.8) is 0 Å². The Balaban J connectivity index is 1.49. The van der Waals surface area contributed by atoms with E-state index >= 15 is 0 Å². The van der Waals surface area contributed by atoms with E-state index in [1.54, 1.807) is 0 Å². The highest BCUT2D eigenvalue weighted by Gasteiger charge is 2.34. The molecule has 0 saturated heterocycles. The standard InChI is InChI=1S/C25H29ClF3NO2/c26-22-14-12-19(15-21(22)25(27,28)29)18(16-24(31)32)8-3-1-2-4-9-20-13-11-17-7-5-6-10-23(17)30-20/h11-15,18H,1-10,16H2,(H,31,32)/t18-/m0/s1. The Labute approximate surface area is 192 Å². The fraction of sp³-hybridized carbons (Fsp3) is 0.520. The van der Waals surface area contributed by atoms with Gasteiger partial charge < -0.3 is 5.11 Å². The quantitative estimate of drug-likeness (QED) is 0.371. The molecule has 1 aromatic heterocycles. The van der Waals surface area contributed by atoms with Crippen LogP contribution in [-0.2, 0) is 30.2 Å². The molecule has 1 aliphatic rings. The smallest absolute Gasteiger partial charge is 0.417 e. The highest BCUT2D eigenvalue weighted by atomic mass is 35.5. The SMILES string of the molecule is O=C(O)C[C@H](CCCCCCc1ccc2c(n1)CCCC2)c1ccc(Cl)c(C(F)(F)F)c1. The normalized spacial score (nSPS) is 14.8. The number of rotatable bonds is 10. The molecular formula is C25H29ClF3NO2. The van der Waals surface area contributed by atoms with Gasteiger partial charge >= 0.3 is 12.1 Å². The van der Waals surface area contributed by atoms with Gasteiger partial charge in [0, 0.05) is 11.4 Å². The topological polar surface area (TPSA) is 50.2 Å². The van der Waals surface area contributed by atoms with Crippen LogP contribution in [0.2, 0.25) is 5.02 Å². The minimum atomic E-state index is -4.56. The third-order valence-corrected chi connectivity index (χ3v) is 6.49. The van der Waals surface area contributed by atoms with Crippen molar-refractivity contribution in [1.82, 2.24) is 4.98 Å². The van der Waals surface area contributed by atoms with Crippen molar-refractivity contribution in [3.05, 3.63) is 63.4 Å². The van der Waals surface area contributed by atoms with Gasteiger partial charge in [-0.15, -0.1) is 0 Å². The Morgan fingerprint density at radius 3 is 2.56 bits per heavy atom. The maximum Gasteiger partial charge on any atom is 0.417 e. The minimum absolute atomic E-state index is 0.196. The van der Waals surface area contributed by atoms with Crippen LogP contribution in [0.15, 0.2) is 30.3 Å². The zero-order chi connectivity index (χ0) is 23.1. The number of carbonyl (C=O) groups is 1. The third kappa shape index (κ3) is 6.96. The number of nitrogens with zero attached hydrogens (tertiary/aromatic N) is 1. The van der Waals surface area contributed by atoms with Gasteiger partial charge in [0.1, 0.15) is 0 Å². The Morgan fingerprint density at radius 1 is 1.06 bits per heavy atom. The number of carboxylic acids is 1. The zero-order valence-corrected chi connectivity index (χ0v) is 18.8. The van der Waals surface area contributed by atoms with Gasteiger partial charge in [-0.1, -0.05) is 43.0 Å². The molecule has 0 radical (unpaired) electrons. The van der Waals surface area contributed by atoms with E-state index in [9.17, 15) is 23.1 Å². The first-order chi connectivity index (χ1) is 15.2. The zero-order valence-electron chi connectivity index (χ0n) is 18.1. The average Bonchev–Trinajstić information content (AvgIpc) is 2.74. The summed E-state index contributed by atoms with van der Waals surface area (Å²) in [5, 5.41) is 8.86. The van der Waals surface area contributed by atoms with Crippen LogP contribution in [0.5, 0.6) is 0 Å². The molecule has 7 heteroatoms. The monoisotopic (exact) mass is 467 g/mol. The molecule has 174 valence electrons. The molecule has 3 nitrogen and oxygen atoms in total. The molecule has 0 spiro atoms. The maximum atomic E-state index is 13.2. The molecule has 0 unspecified atom stereocenters. The summed E-state index contributed by atoms with van der Waals surface area (Å²) in [6, 6.07) is 8.03. The lowest BCUT2D eigenvalue weighted by atomic mass is 9.89. The maximum absolute atomic E-state index is 13.2. The molecule has 2 aromatic rings. The predicted octanol–water partition coefficient (Wildman–Crippen LogP) is 7.38. The van der Waals surface area contributed by atoms with E-state index in [1.807, 2.05) is 0 Å².